The van der Waals surface area contributed by atoms with E-state index in [1.165, 1.54) is 5.01 Å². The standard InChI is InChI=1S/C14H20N4O3/c1-19-11-7-9(8-12(20-2)13(11)21-3)6-10-4-5-17-14(15)18(10)16/h4-5,7-8,14H,6,15-16H2,1-3H3. The lowest BCUT2D eigenvalue weighted by atomic mass is 10.1. The summed E-state index contributed by atoms with van der Waals surface area (Å²) in [5, 5.41) is 1.43. The number of allylic oxidation sites excluding steroid dienone is 2. The molecule has 0 saturated heterocycles. The molecule has 114 valence electrons. The molecule has 1 aromatic rings. The molecule has 1 unspecified atom stereocenters. The third-order valence-corrected chi connectivity index (χ3v) is 3.23. The summed E-state index contributed by atoms with van der Waals surface area (Å²) in [7, 11) is 4.73. The van der Waals surface area contributed by atoms with E-state index in [0.717, 1.165) is 11.3 Å². The van der Waals surface area contributed by atoms with Crippen molar-refractivity contribution in [2.24, 2.45) is 16.6 Å². The minimum absolute atomic E-state index is 0.559. The number of nitrogens with two attached hydrogens (primary N) is 2. The number of aliphatic imine (C=N–C) groups is 1. The van der Waals surface area contributed by atoms with E-state index >= 15 is 0 Å². The molecule has 0 amide bonds. The molecule has 7 nitrogen and oxygen atoms in total. The smallest absolute Gasteiger partial charge is 0.203 e. The highest BCUT2D eigenvalue weighted by Crippen LogP contribution is 2.38. The Bertz CT molecular complexity index is 546. The monoisotopic (exact) mass is 292 g/mol. The highest BCUT2D eigenvalue weighted by atomic mass is 16.5. The van der Waals surface area contributed by atoms with Gasteiger partial charge in [-0.05, 0) is 23.8 Å². The van der Waals surface area contributed by atoms with Crippen LogP contribution in [0.25, 0.3) is 0 Å². The van der Waals surface area contributed by atoms with E-state index in [-0.39, 0.29) is 0 Å². The minimum atomic E-state index is -0.563. The van der Waals surface area contributed by atoms with Gasteiger partial charge in [-0.1, -0.05) is 0 Å². The lowest BCUT2D eigenvalue weighted by Crippen LogP contribution is -2.46. The Morgan fingerprint density at radius 3 is 2.29 bits per heavy atom. The van der Waals surface area contributed by atoms with Crippen LogP contribution >= 0.6 is 0 Å². The van der Waals surface area contributed by atoms with E-state index in [1.54, 1.807) is 27.5 Å². The minimum Gasteiger partial charge on any atom is -0.493 e. The summed E-state index contributed by atoms with van der Waals surface area (Å²) in [4.78, 5) is 4.01. The second kappa shape index (κ2) is 6.47. The van der Waals surface area contributed by atoms with Gasteiger partial charge in [0, 0.05) is 18.3 Å². The summed E-state index contributed by atoms with van der Waals surface area (Å²) in [5.41, 5.74) is 7.59. The Morgan fingerprint density at radius 2 is 1.76 bits per heavy atom. The van der Waals surface area contributed by atoms with Crippen molar-refractivity contribution in [3.63, 3.8) is 0 Å². The van der Waals surface area contributed by atoms with Gasteiger partial charge in [0.2, 0.25) is 5.75 Å². The average Bonchev–Trinajstić information content (AvgIpc) is 2.50. The Labute approximate surface area is 123 Å². The normalized spacial score (nSPS) is 17.5. The first-order chi connectivity index (χ1) is 10.1. The molecule has 1 aromatic carbocycles. The van der Waals surface area contributed by atoms with E-state index in [0.29, 0.717) is 23.7 Å². The van der Waals surface area contributed by atoms with Crippen molar-refractivity contribution < 1.29 is 14.2 Å². The lowest BCUT2D eigenvalue weighted by molar-refractivity contribution is 0.263. The van der Waals surface area contributed by atoms with Gasteiger partial charge in [0.15, 0.2) is 17.8 Å². The molecule has 1 atom stereocenters. The van der Waals surface area contributed by atoms with Crippen molar-refractivity contribution in [1.29, 1.82) is 0 Å². The molecule has 2 rings (SSSR count). The Hall–Kier alpha value is -2.25. The largest absolute Gasteiger partial charge is 0.493 e. The molecule has 0 aromatic heterocycles. The number of methoxy groups -OCH3 is 3. The van der Waals surface area contributed by atoms with Crippen LogP contribution in [0, 0.1) is 0 Å². The second-order valence-corrected chi connectivity index (χ2v) is 4.49. The number of ether oxygens (including phenoxy) is 3. The van der Waals surface area contributed by atoms with E-state index in [1.807, 2.05) is 18.2 Å². The van der Waals surface area contributed by atoms with Gasteiger partial charge < -0.3 is 14.2 Å². The molecule has 1 aliphatic heterocycles. The van der Waals surface area contributed by atoms with Crippen LogP contribution in [0.15, 0.2) is 28.9 Å². The molecule has 1 aliphatic rings. The van der Waals surface area contributed by atoms with Gasteiger partial charge in [-0.3, -0.25) is 15.7 Å². The van der Waals surface area contributed by atoms with Crippen molar-refractivity contribution in [3.8, 4) is 17.2 Å². The number of hydrazine groups is 1. The van der Waals surface area contributed by atoms with E-state index < -0.39 is 6.29 Å². The Kier molecular flexibility index (Phi) is 4.66. The molecule has 21 heavy (non-hydrogen) atoms. The molecular weight excluding hydrogens is 272 g/mol. The number of hydrogen-bond acceptors (Lipinski definition) is 7. The molecule has 4 N–H and O–H groups in total. The fourth-order valence-electron chi connectivity index (χ4n) is 2.14. The van der Waals surface area contributed by atoms with Crippen molar-refractivity contribution in [2.75, 3.05) is 21.3 Å². The highest BCUT2D eigenvalue weighted by molar-refractivity contribution is 5.73. The van der Waals surface area contributed by atoms with E-state index in [4.69, 9.17) is 25.8 Å². The topological polar surface area (TPSA) is 95.3 Å². The van der Waals surface area contributed by atoms with Gasteiger partial charge in [-0.2, -0.15) is 0 Å². The van der Waals surface area contributed by atoms with Crippen LogP contribution in [-0.2, 0) is 6.42 Å². The lowest BCUT2D eigenvalue weighted by Gasteiger charge is -2.28. The molecule has 0 aliphatic carbocycles. The summed E-state index contributed by atoms with van der Waals surface area (Å²) < 4.78 is 16.0. The quantitative estimate of drug-likeness (QED) is 0.773. The molecule has 1 heterocycles. The third-order valence-electron chi connectivity index (χ3n) is 3.23. The van der Waals surface area contributed by atoms with Crippen LogP contribution in [0.3, 0.4) is 0 Å². The van der Waals surface area contributed by atoms with Gasteiger partial charge in [0.05, 0.1) is 21.3 Å². The number of rotatable bonds is 5. The summed E-state index contributed by atoms with van der Waals surface area (Å²) in [6.45, 7) is 0. The zero-order valence-electron chi connectivity index (χ0n) is 12.4. The zero-order valence-corrected chi connectivity index (χ0v) is 12.4. The van der Waals surface area contributed by atoms with Crippen LogP contribution in [-0.4, -0.2) is 38.8 Å². The first-order valence-corrected chi connectivity index (χ1v) is 6.41. The maximum absolute atomic E-state index is 5.91. The van der Waals surface area contributed by atoms with Crippen LogP contribution < -0.4 is 25.8 Å². The summed E-state index contributed by atoms with van der Waals surface area (Å²) in [5.74, 6) is 7.67. The molecule has 7 heteroatoms. The van der Waals surface area contributed by atoms with Gasteiger partial charge in [0.25, 0.3) is 0 Å². The highest BCUT2D eigenvalue weighted by Gasteiger charge is 2.18. The zero-order chi connectivity index (χ0) is 15.4. The summed E-state index contributed by atoms with van der Waals surface area (Å²) in [6, 6.07) is 3.76. The first-order valence-electron chi connectivity index (χ1n) is 6.41. The predicted molar refractivity (Wildman–Crippen MR) is 80.4 cm³/mol. The third kappa shape index (κ3) is 3.09. The molecule has 0 fully saturated rings. The van der Waals surface area contributed by atoms with Gasteiger partial charge in [-0.15, -0.1) is 0 Å². The average molecular weight is 292 g/mol. The van der Waals surface area contributed by atoms with Crippen LogP contribution in [0.4, 0.5) is 0 Å². The SMILES string of the molecule is COc1cc(CC2=CC=NC(N)N2N)cc(OC)c1OC. The number of nitrogens with zero attached hydrogens (tertiary/aromatic N) is 2. The van der Waals surface area contributed by atoms with Gasteiger partial charge >= 0.3 is 0 Å². The fraction of sp³-hybridized carbons (Fsp3) is 0.357. The van der Waals surface area contributed by atoms with E-state index in [2.05, 4.69) is 4.99 Å². The molecular formula is C14H20N4O3. The van der Waals surface area contributed by atoms with E-state index in [9.17, 15) is 0 Å². The number of benzene rings is 1. The molecule has 0 radical (unpaired) electrons. The number of hydrogen-bond donors (Lipinski definition) is 2. The second-order valence-electron chi connectivity index (χ2n) is 4.49. The maximum atomic E-state index is 5.91. The van der Waals surface area contributed by atoms with Gasteiger partial charge in [0.1, 0.15) is 0 Å². The van der Waals surface area contributed by atoms with Crippen LogP contribution in [0.1, 0.15) is 5.56 Å². The van der Waals surface area contributed by atoms with Crippen molar-refractivity contribution in [2.45, 2.75) is 12.7 Å². The molecule has 0 spiro atoms. The van der Waals surface area contributed by atoms with Crippen LogP contribution in [0.2, 0.25) is 0 Å². The fourth-order valence-corrected chi connectivity index (χ4v) is 2.14. The maximum Gasteiger partial charge on any atom is 0.203 e. The van der Waals surface area contributed by atoms with Crippen molar-refractivity contribution in [3.05, 3.63) is 29.5 Å². The Balaban J connectivity index is 2.32. The van der Waals surface area contributed by atoms with Crippen molar-refractivity contribution >= 4 is 6.21 Å². The van der Waals surface area contributed by atoms with Crippen LogP contribution in [0.5, 0.6) is 17.2 Å². The van der Waals surface area contributed by atoms with Gasteiger partial charge in [-0.25, -0.2) is 5.84 Å². The predicted octanol–water partition coefficient (Wildman–Crippen LogP) is 0.641. The Morgan fingerprint density at radius 1 is 1.14 bits per heavy atom. The molecule has 0 saturated carbocycles. The summed E-state index contributed by atoms with van der Waals surface area (Å²) >= 11 is 0. The first kappa shape index (κ1) is 15.1. The van der Waals surface area contributed by atoms with Crippen molar-refractivity contribution in [1.82, 2.24) is 5.01 Å². The molecule has 0 bridgehead atoms. The summed E-state index contributed by atoms with van der Waals surface area (Å²) in [6.07, 6.45) is 3.49.